The van der Waals surface area contributed by atoms with E-state index >= 15 is 0 Å². The number of furan rings is 1. The van der Waals surface area contributed by atoms with Crippen LogP contribution in [0.25, 0.3) is 0 Å². The molecule has 3 heterocycles. The first-order chi connectivity index (χ1) is 9.15. The molecule has 0 saturated carbocycles. The van der Waals surface area contributed by atoms with E-state index in [9.17, 15) is 4.79 Å². The lowest BCUT2D eigenvalue weighted by molar-refractivity contribution is -0.130. The molecular weight excluding hydrogens is 284 g/mol. The first-order valence-corrected chi connectivity index (χ1v) is 7.07. The number of carbonyl (C=O) groups excluding carboxylic acids is 1. The molecule has 0 radical (unpaired) electrons. The molecule has 1 atom stereocenters. The van der Waals surface area contributed by atoms with Crippen LogP contribution in [-0.2, 0) is 4.79 Å². The molecule has 1 aliphatic rings. The van der Waals surface area contributed by atoms with Crippen molar-refractivity contribution >= 4 is 34.6 Å². The Kier molecular flexibility index (Phi) is 3.16. The summed E-state index contributed by atoms with van der Waals surface area (Å²) < 4.78 is 5.42. The van der Waals surface area contributed by atoms with Gasteiger partial charge in [-0.15, -0.1) is 11.3 Å². The van der Waals surface area contributed by atoms with Crippen molar-refractivity contribution in [2.24, 2.45) is 5.10 Å². The maximum Gasteiger partial charge on any atom is 0.240 e. The van der Waals surface area contributed by atoms with Gasteiger partial charge in [-0.05, 0) is 35.2 Å². The molecule has 6 heteroatoms. The summed E-state index contributed by atoms with van der Waals surface area (Å²) >= 11 is 7.41. The maximum atomic E-state index is 11.7. The number of carbonyl (C=O) groups is 1. The minimum Gasteiger partial charge on any atom is -0.447 e. The summed E-state index contributed by atoms with van der Waals surface area (Å²) in [4.78, 5) is 12.8. The van der Waals surface area contributed by atoms with Crippen LogP contribution in [0.15, 0.2) is 39.2 Å². The number of amides is 1. The van der Waals surface area contributed by atoms with Crippen LogP contribution in [0.1, 0.15) is 30.0 Å². The lowest BCUT2D eigenvalue weighted by Gasteiger charge is -2.17. The fourth-order valence-corrected chi connectivity index (χ4v) is 2.99. The van der Waals surface area contributed by atoms with Gasteiger partial charge < -0.3 is 4.42 Å². The summed E-state index contributed by atoms with van der Waals surface area (Å²) in [6, 6.07) is 7.23. The first kappa shape index (κ1) is 12.4. The Morgan fingerprint density at radius 1 is 1.53 bits per heavy atom. The summed E-state index contributed by atoms with van der Waals surface area (Å²) in [5.41, 5.74) is 0.905. The highest BCUT2D eigenvalue weighted by atomic mass is 35.5. The van der Waals surface area contributed by atoms with Crippen LogP contribution in [0.5, 0.6) is 0 Å². The van der Waals surface area contributed by atoms with E-state index in [0.29, 0.717) is 17.4 Å². The lowest BCUT2D eigenvalue weighted by atomic mass is 10.1. The predicted octanol–water partition coefficient (Wildman–Crippen LogP) is 3.69. The number of hydrogen-bond acceptors (Lipinski definition) is 4. The monoisotopic (exact) mass is 294 g/mol. The van der Waals surface area contributed by atoms with Gasteiger partial charge in [0, 0.05) is 13.3 Å². The van der Waals surface area contributed by atoms with Crippen LogP contribution in [0.4, 0.5) is 0 Å². The Hall–Kier alpha value is -1.59. The van der Waals surface area contributed by atoms with Crippen LogP contribution in [0, 0.1) is 0 Å². The molecule has 0 bridgehead atoms. The Morgan fingerprint density at radius 2 is 2.37 bits per heavy atom. The molecule has 0 N–H and O–H groups in total. The molecule has 4 nitrogen and oxygen atoms in total. The fraction of sp³-hybridized carbons (Fsp3) is 0.231. The highest BCUT2D eigenvalue weighted by Gasteiger charge is 2.33. The summed E-state index contributed by atoms with van der Waals surface area (Å²) in [5, 5.41) is 8.18. The van der Waals surface area contributed by atoms with Gasteiger partial charge in [0.05, 0.1) is 10.6 Å². The first-order valence-electron chi connectivity index (χ1n) is 5.81. The molecule has 1 amide bonds. The quantitative estimate of drug-likeness (QED) is 0.848. The van der Waals surface area contributed by atoms with Crippen molar-refractivity contribution in [3.05, 3.63) is 45.5 Å². The minimum atomic E-state index is -0.206. The van der Waals surface area contributed by atoms with Crippen LogP contribution >= 0.6 is 22.9 Å². The second-order valence-corrected chi connectivity index (χ2v) is 5.57. The maximum absolute atomic E-state index is 11.7. The molecule has 0 unspecified atom stereocenters. The van der Waals surface area contributed by atoms with Gasteiger partial charge in [0.2, 0.25) is 5.91 Å². The van der Waals surface area contributed by atoms with Crippen molar-refractivity contribution in [1.82, 2.24) is 5.01 Å². The van der Waals surface area contributed by atoms with Gasteiger partial charge in [0.15, 0.2) is 5.22 Å². The summed E-state index contributed by atoms with van der Waals surface area (Å²) in [7, 11) is 0. The molecule has 0 spiro atoms. The highest BCUT2D eigenvalue weighted by molar-refractivity contribution is 7.12. The zero-order valence-electron chi connectivity index (χ0n) is 10.2. The van der Waals surface area contributed by atoms with Crippen LogP contribution in [0.3, 0.4) is 0 Å². The second kappa shape index (κ2) is 4.83. The third-order valence-electron chi connectivity index (χ3n) is 2.96. The Morgan fingerprint density at radius 3 is 2.95 bits per heavy atom. The average molecular weight is 295 g/mol. The number of hydrogen-bond donors (Lipinski definition) is 0. The van der Waals surface area contributed by atoms with E-state index in [4.69, 9.17) is 16.0 Å². The molecule has 98 valence electrons. The van der Waals surface area contributed by atoms with Gasteiger partial charge in [-0.1, -0.05) is 6.07 Å². The van der Waals surface area contributed by atoms with Crippen molar-refractivity contribution in [3.63, 3.8) is 0 Å². The van der Waals surface area contributed by atoms with E-state index in [0.717, 1.165) is 10.6 Å². The van der Waals surface area contributed by atoms with Crippen LogP contribution < -0.4 is 0 Å². The predicted molar refractivity (Wildman–Crippen MR) is 74.5 cm³/mol. The Bertz CT molecular complexity index is 633. The van der Waals surface area contributed by atoms with Gasteiger partial charge in [-0.25, -0.2) is 5.01 Å². The average Bonchev–Trinajstić information content (AvgIpc) is 3.07. The van der Waals surface area contributed by atoms with Crippen LogP contribution in [0.2, 0.25) is 5.22 Å². The Balaban J connectivity index is 1.93. The molecule has 0 aromatic carbocycles. The third kappa shape index (κ3) is 2.31. The van der Waals surface area contributed by atoms with E-state index in [-0.39, 0.29) is 11.9 Å². The summed E-state index contributed by atoms with van der Waals surface area (Å²) in [6.45, 7) is 1.50. The van der Waals surface area contributed by atoms with E-state index in [1.54, 1.807) is 23.5 Å². The normalized spacial score (nSPS) is 18.7. The van der Waals surface area contributed by atoms with Gasteiger partial charge in [-0.2, -0.15) is 5.10 Å². The lowest BCUT2D eigenvalue weighted by Crippen LogP contribution is -2.23. The topological polar surface area (TPSA) is 45.8 Å². The van der Waals surface area contributed by atoms with E-state index < -0.39 is 0 Å². The number of halogens is 1. The Labute approximate surface area is 119 Å². The second-order valence-electron chi connectivity index (χ2n) is 4.25. The number of rotatable bonds is 2. The van der Waals surface area contributed by atoms with E-state index in [2.05, 4.69) is 5.10 Å². The molecule has 0 aliphatic carbocycles. The zero-order valence-corrected chi connectivity index (χ0v) is 11.7. The number of nitrogens with zero attached hydrogens (tertiary/aromatic N) is 2. The van der Waals surface area contributed by atoms with Gasteiger partial charge in [-0.3, -0.25) is 4.79 Å². The smallest absolute Gasteiger partial charge is 0.240 e. The van der Waals surface area contributed by atoms with E-state index in [1.165, 1.54) is 11.9 Å². The van der Waals surface area contributed by atoms with E-state index in [1.807, 2.05) is 17.5 Å². The number of hydrazone groups is 1. The molecule has 2 aromatic rings. The summed E-state index contributed by atoms with van der Waals surface area (Å²) in [5.74, 6) is 0.555. The minimum absolute atomic E-state index is 0.107. The molecule has 2 aromatic heterocycles. The van der Waals surface area contributed by atoms with Crippen LogP contribution in [-0.4, -0.2) is 16.6 Å². The van der Waals surface area contributed by atoms with Crippen molar-refractivity contribution in [2.45, 2.75) is 19.4 Å². The zero-order chi connectivity index (χ0) is 13.4. The SMILES string of the molecule is CC(=O)N1N=C(c2cccs2)C[C@H]1c1ccc(Cl)o1. The molecule has 1 aliphatic heterocycles. The molecule has 19 heavy (non-hydrogen) atoms. The summed E-state index contributed by atoms with van der Waals surface area (Å²) in [6.07, 6.45) is 0.643. The molecule has 0 fully saturated rings. The van der Waals surface area contributed by atoms with Gasteiger partial charge in [0.25, 0.3) is 0 Å². The standard InChI is InChI=1S/C13H11ClN2O2S/c1-8(17)16-10(11-4-5-13(14)18-11)7-9(15-16)12-3-2-6-19-12/h2-6,10H,7H2,1H3/t10-/m0/s1. The molecule has 0 saturated heterocycles. The van der Waals surface area contributed by atoms with Gasteiger partial charge in [0.1, 0.15) is 11.8 Å². The number of thiophene rings is 1. The molecular formula is C13H11ClN2O2S. The largest absolute Gasteiger partial charge is 0.447 e. The fourth-order valence-electron chi connectivity index (χ4n) is 2.12. The van der Waals surface area contributed by atoms with Crippen molar-refractivity contribution < 1.29 is 9.21 Å². The third-order valence-corrected chi connectivity index (χ3v) is 4.08. The molecule has 3 rings (SSSR count). The van der Waals surface area contributed by atoms with Crippen molar-refractivity contribution in [3.8, 4) is 0 Å². The van der Waals surface area contributed by atoms with Gasteiger partial charge >= 0.3 is 0 Å². The van der Waals surface area contributed by atoms with Crippen molar-refractivity contribution in [1.29, 1.82) is 0 Å². The highest BCUT2D eigenvalue weighted by Crippen LogP contribution is 2.35. The van der Waals surface area contributed by atoms with Crippen molar-refractivity contribution in [2.75, 3.05) is 0 Å².